The summed E-state index contributed by atoms with van der Waals surface area (Å²) in [6, 6.07) is 16.3. The molecule has 0 aliphatic heterocycles. The number of benzene rings is 2. The second-order valence-electron chi connectivity index (χ2n) is 5.51. The van der Waals surface area contributed by atoms with Crippen molar-refractivity contribution in [2.75, 3.05) is 11.9 Å². The van der Waals surface area contributed by atoms with Gasteiger partial charge in [0.25, 0.3) is 5.91 Å². The van der Waals surface area contributed by atoms with Crippen molar-refractivity contribution in [2.45, 2.75) is 20.3 Å². The maximum Gasteiger partial charge on any atom is 0.258 e. The van der Waals surface area contributed by atoms with Gasteiger partial charge in [0.1, 0.15) is 0 Å². The molecule has 1 amide bonds. The Balaban J connectivity index is 0.00000204. The van der Waals surface area contributed by atoms with Gasteiger partial charge in [-0.05, 0) is 30.3 Å². The van der Waals surface area contributed by atoms with E-state index in [4.69, 9.17) is 11.6 Å². The van der Waals surface area contributed by atoms with Crippen LogP contribution in [0.2, 0.25) is 5.02 Å². The van der Waals surface area contributed by atoms with Crippen molar-refractivity contribution < 1.29 is 37.5 Å². The fraction of sp³-hybridized carbons (Fsp3) is 0.182. The summed E-state index contributed by atoms with van der Waals surface area (Å²) in [6.07, 6.45) is 4.07. The summed E-state index contributed by atoms with van der Waals surface area (Å²) in [7, 11) is 0. The number of aliphatic imine (C=N–C) groups is 1. The Morgan fingerprint density at radius 1 is 1.13 bits per heavy atom. The van der Waals surface area contributed by atoms with Gasteiger partial charge in [-0.1, -0.05) is 49.7 Å². The molecule has 0 saturated carbocycles. The second kappa shape index (κ2) is 15.8. The van der Waals surface area contributed by atoms with E-state index < -0.39 is 0 Å². The van der Waals surface area contributed by atoms with Crippen molar-refractivity contribution >= 4 is 29.2 Å². The van der Waals surface area contributed by atoms with E-state index in [0.29, 0.717) is 29.5 Å². The standard InChI is InChI=1S/C19H18ClN5O.C2H6.CH3.Y/c20-15-6-4-5-14(11-15)18(26)25-19(24-16-7-2-1-3-8-16)22-10-9-17-12-21-13-23-17;1-2;;/h1-8,11-13H,9-10H2,(H,21,23)(H2,22,24,25,26);1-2H3;1H3;/q;;-1;. The van der Waals surface area contributed by atoms with Gasteiger partial charge in [0.2, 0.25) is 5.96 Å². The number of aromatic nitrogens is 2. The van der Waals surface area contributed by atoms with Gasteiger partial charge in [-0.3, -0.25) is 15.1 Å². The molecule has 30 heavy (non-hydrogen) atoms. The van der Waals surface area contributed by atoms with Crippen LogP contribution in [0.25, 0.3) is 0 Å². The van der Waals surface area contributed by atoms with E-state index in [1.165, 1.54) is 0 Å². The molecule has 3 rings (SSSR count). The largest absolute Gasteiger partial charge is 0.358 e. The molecule has 0 atom stereocenters. The zero-order valence-electron chi connectivity index (χ0n) is 17.5. The number of nitrogens with one attached hydrogen (secondary N) is 3. The van der Waals surface area contributed by atoms with E-state index in [1.807, 2.05) is 44.2 Å². The van der Waals surface area contributed by atoms with E-state index >= 15 is 0 Å². The van der Waals surface area contributed by atoms with E-state index in [-0.39, 0.29) is 46.0 Å². The normalized spacial score (nSPS) is 9.90. The first-order chi connectivity index (χ1) is 13.7. The first-order valence-electron chi connectivity index (χ1n) is 9.11. The van der Waals surface area contributed by atoms with Gasteiger partial charge in [-0.2, -0.15) is 0 Å². The number of H-pyrrole nitrogens is 1. The van der Waals surface area contributed by atoms with Gasteiger partial charge < -0.3 is 17.7 Å². The zero-order valence-corrected chi connectivity index (χ0v) is 21.1. The summed E-state index contributed by atoms with van der Waals surface area (Å²) < 4.78 is 0. The number of hydrogen-bond donors (Lipinski definition) is 3. The number of imidazole rings is 1. The summed E-state index contributed by atoms with van der Waals surface area (Å²) in [5, 5.41) is 6.44. The molecular weight excluding hydrogens is 475 g/mol. The molecule has 1 radical (unpaired) electrons. The molecule has 3 aromatic rings. The van der Waals surface area contributed by atoms with Crippen LogP contribution < -0.4 is 10.6 Å². The second-order valence-corrected chi connectivity index (χ2v) is 5.95. The molecule has 0 bridgehead atoms. The van der Waals surface area contributed by atoms with Gasteiger partial charge >= 0.3 is 0 Å². The van der Waals surface area contributed by atoms with Crippen LogP contribution in [0.1, 0.15) is 29.9 Å². The van der Waals surface area contributed by atoms with E-state index in [0.717, 1.165) is 11.4 Å². The SMILES string of the molecule is CC.O=C(NC(=NCCc1cnc[nH]1)Nc1ccccc1)c1cccc(Cl)c1.[CH3-].[Y]. The number of anilines is 1. The van der Waals surface area contributed by atoms with Crippen LogP contribution in [0.15, 0.2) is 72.1 Å². The van der Waals surface area contributed by atoms with Crippen molar-refractivity contribution in [3.63, 3.8) is 0 Å². The summed E-state index contributed by atoms with van der Waals surface area (Å²) in [5.74, 6) is 0.0944. The molecule has 0 unspecified atom stereocenters. The van der Waals surface area contributed by atoms with Gasteiger partial charge in [-0.15, -0.1) is 0 Å². The van der Waals surface area contributed by atoms with Crippen molar-refractivity contribution in [1.29, 1.82) is 0 Å². The Bertz CT molecular complexity index is 886. The number of hydrogen-bond acceptors (Lipinski definition) is 3. The molecule has 0 saturated heterocycles. The Hall–Kier alpha value is -2.02. The minimum absolute atomic E-state index is 0. The maximum absolute atomic E-state index is 12.5. The van der Waals surface area contributed by atoms with E-state index in [9.17, 15) is 4.79 Å². The molecule has 1 aromatic heterocycles. The average molecular weight is 502 g/mol. The first-order valence-corrected chi connectivity index (χ1v) is 9.49. The van der Waals surface area contributed by atoms with Crippen LogP contribution in [-0.2, 0) is 39.1 Å². The van der Waals surface area contributed by atoms with Crippen LogP contribution >= 0.6 is 11.6 Å². The minimum Gasteiger partial charge on any atom is -0.358 e. The van der Waals surface area contributed by atoms with Gasteiger partial charge in [-0.25, -0.2) is 4.98 Å². The molecular formula is C22H27ClN5OY-. The number of halogens is 1. The Labute approximate surface area is 208 Å². The van der Waals surface area contributed by atoms with Gasteiger partial charge in [0.15, 0.2) is 0 Å². The van der Waals surface area contributed by atoms with Gasteiger partial charge in [0.05, 0.1) is 6.33 Å². The number of aromatic amines is 1. The third-order valence-electron chi connectivity index (χ3n) is 3.56. The minimum atomic E-state index is -0.281. The predicted molar refractivity (Wildman–Crippen MR) is 121 cm³/mol. The fourth-order valence-corrected chi connectivity index (χ4v) is 2.48. The van der Waals surface area contributed by atoms with Crippen LogP contribution in [0.3, 0.4) is 0 Å². The number of carbonyl (C=O) groups is 1. The summed E-state index contributed by atoms with van der Waals surface area (Å²) in [5.41, 5.74) is 2.28. The first kappa shape index (κ1) is 28.0. The van der Waals surface area contributed by atoms with Crippen molar-refractivity contribution in [3.05, 3.63) is 90.8 Å². The summed E-state index contributed by atoms with van der Waals surface area (Å²) in [6.45, 7) is 4.49. The Morgan fingerprint density at radius 2 is 1.87 bits per heavy atom. The Kier molecular flexibility index (Phi) is 14.7. The van der Waals surface area contributed by atoms with Crippen molar-refractivity contribution in [1.82, 2.24) is 15.3 Å². The third-order valence-corrected chi connectivity index (χ3v) is 3.80. The molecule has 6 nitrogen and oxygen atoms in total. The Morgan fingerprint density at radius 3 is 2.50 bits per heavy atom. The van der Waals surface area contributed by atoms with Crippen molar-refractivity contribution in [2.24, 2.45) is 4.99 Å². The maximum atomic E-state index is 12.5. The van der Waals surface area contributed by atoms with Gasteiger partial charge in [0, 0.05) is 73.8 Å². The molecule has 0 fully saturated rings. The number of guanidine groups is 1. The molecule has 157 valence electrons. The molecule has 2 aromatic carbocycles. The predicted octanol–water partition coefficient (Wildman–Crippen LogP) is 4.98. The summed E-state index contributed by atoms with van der Waals surface area (Å²) in [4.78, 5) is 24.0. The van der Waals surface area contributed by atoms with E-state index in [1.54, 1.807) is 36.8 Å². The number of amides is 1. The van der Waals surface area contributed by atoms with Crippen LogP contribution in [0.4, 0.5) is 5.69 Å². The monoisotopic (exact) mass is 501 g/mol. The summed E-state index contributed by atoms with van der Waals surface area (Å²) >= 11 is 5.96. The smallest absolute Gasteiger partial charge is 0.258 e. The average Bonchev–Trinajstić information content (AvgIpc) is 3.24. The molecule has 3 N–H and O–H groups in total. The molecule has 0 aliphatic rings. The molecule has 0 spiro atoms. The molecule has 1 heterocycles. The number of nitrogens with zero attached hydrogens (tertiary/aromatic N) is 2. The quantitative estimate of drug-likeness (QED) is 0.262. The zero-order chi connectivity index (χ0) is 20.2. The topological polar surface area (TPSA) is 82.2 Å². The molecule has 0 aliphatic carbocycles. The van der Waals surface area contributed by atoms with Crippen LogP contribution in [0, 0.1) is 7.43 Å². The van der Waals surface area contributed by atoms with E-state index in [2.05, 4.69) is 25.6 Å². The van der Waals surface area contributed by atoms with Crippen LogP contribution in [-0.4, -0.2) is 28.4 Å². The fourth-order valence-electron chi connectivity index (χ4n) is 2.29. The van der Waals surface area contributed by atoms with Crippen LogP contribution in [0.5, 0.6) is 0 Å². The number of rotatable bonds is 5. The number of para-hydroxylation sites is 1. The third kappa shape index (κ3) is 9.66. The molecule has 8 heteroatoms. The number of carbonyl (C=O) groups excluding carboxylic acids is 1. The van der Waals surface area contributed by atoms with Crippen molar-refractivity contribution in [3.8, 4) is 0 Å².